The van der Waals surface area contributed by atoms with Gasteiger partial charge in [0.25, 0.3) is 0 Å². The van der Waals surface area contributed by atoms with Gasteiger partial charge in [-0.1, -0.05) is 6.92 Å². The van der Waals surface area contributed by atoms with E-state index < -0.39 is 0 Å². The minimum Gasteiger partial charge on any atom is -0.308 e. The molecule has 1 N–H and O–H groups in total. The Kier molecular flexibility index (Phi) is 1.15. The van der Waals surface area contributed by atoms with E-state index in [-0.39, 0.29) is 0 Å². The van der Waals surface area contributed by atoms with Crippen LogP contribution in [0.4, 0.5) is 0 Å². The second kappa shape index (κ2) is 1.88. The van der Waals surface area contributed by atoms with Crippen molar-refractivity contribution in [3.05, 3.63) is 0 Å². The van der Waals surface area contributed by atoms with Crippen LogP contribution in [0.15, 0.2) is 0 Å². The van der Waals surface area contributed by atoms with Crippen LogP contribution in [-0.2, 0) is 0 Å². The summed E-state index contributed by atoms with van der Waals surface area (Å²) in [5.41, 5.74) is 1.30. The van der Waals surface area contributed by atoms with Gasteiger partial charge in [-0.15, -0.1) is 0 Å². The second-order valence-electron chi connectivity index (χ2n) is 5.41. The highest BCUT2D eigenvalue weighted by atomic mass is 15.2. The SMILES string of the molecule is CN1CCNC2(C1)CC1(C)CC12. The van der Waals surface area contributed by atoms with Gasteiger partial charge in [0.2, 0.25) is 0 Å². The topological polar surface area (TPSA) is 15.3 Å². The lowest BCUT2D eigenvalue weighted by Gasteiger charge is -2.51. The number of nitrogens with one attached hydrogen (secondary N) is 1. The molecule has 1 aliphatic heterocycles. The van der Waals surface area contributed by atoms with Crippen LogP contribution >= 0.6 is 0 Å². The minimum atomic E-state index is 0.543. The summed E-state index contributed by atoms with van der Waals surface area (Å²) in [6.07, 6.45) is 2.91. The Hall–Kier alpha value is -0.0800. The number of rotatable bonds is 0. The number of fused-ring (bicyclic) bond motifs is 2. The third-order valence-corrected chi connectivity index (χ3v) is 4.26. The molecule has 2 aliphatic carbocycles. The monoisotopic (exact) mass is 166 g/mol. The van der Waals surface area contributed by atoms with Crippen LogP contribution in [0.5, 0.6) is 0 Å². The molecule has 0 amide bonds. The second-order valence-corrected chi connectivity index (χ2v) is 5.41. The Morgan fingerprint density at radius 1 is 1.50 bits per heavy atom. The van der Waals surface area contributed by atoms with Gasteiger partial charge in [-0.3, -0.25) is 0 Å². The van der Waals surface area contributed by atoms with Gasteiger partial charge >= 0.3 is 0 Å². The molecule has 3 fully saturated rings. The van der Waals surface area contributed by atoms with E-state index in [1.807, 2.05) is 0 Å². The quantitative estimate of drug-likeness (QED) is 0.569. The zero-order chi connectivity index (χ0) is 8.40. The predicted octanol–water partition coefficient (Wildman–Crippen LogP) is 0.690. The average molecular weight is 166 g/mol. The maximum atomic E-state index is 3.74. The van der Waals surface area contributed by atoms with Gasteiger partial charge in [-0.25, -0.2) is 0 Å². The standard InChI is InChI=1S/C10H18N2/c1-9-5-8(9)10(6-9)7-12(2)4-3-11-10/h8,11H,3-7H2,1-2H3. The van der Waals surface area contributed by atoms with E-state index in [1.165, 1.54) is 32.5 Å². The number of piperazine rings is 1. The van der Waals surface area contributed by atoms with Crippen LogP contribution in [0, 0.1) is 11.3 Å². The first kappa shape index (κ1) is 7.34. The molecule has 1 heterocycles. The molecule has 1 spiro atoms. The van der Waals surface area contributed by atoms with E-state index in [0.717, 1.165) is 11.3 Å². The van der Waals surface area contributed by atoms with Gasteiger partial charge in [0.05, 0.1) is 0 Å². The largest absolute Gasteiger partial charge is 0.308 e. The van der Waals surface area contributed by atoms with Crippen molar-refractivity contribution in [3.8, 4) is 0 Å². The van der Waals surface area contributed by atoms with Gasteiger partial charge in [-0.2, -0.15) is 0 Å². The van der Waals surface area contributed by atoms with Gasteiger partial charge in [0.1, 0.15) is 0 Å². The van der Waals surface area contributed by atoms with E-state index >= 15 is 0 Å². The molecule has 0 bridgehead atoms. The molecule has 1 saturated heterocycles. The lowest BCUT2D eigenvalue weighted by atomic mass is 9.68. The van der Waals surface area contributed by atoms with Crippen molar-refractivity contribution in [2.24, 2.45) is 11.3 Å². The maximum Gasteiger partial charge on any atom is 0.0348 e. The molecular weight excluding hydrogens is 148 g/mol. The van der Waals surface area contributed by atoms with Crippen molar-refractivity contribution >= 4 is 0 Å². The zero-order valence-electron chi connectivity index (χ0n) is 8.06. The smallest absolute Gasteiger partial charge is 0.0348 e. The average Bonchev–Trinajstić information content (AvgIpc) is 2.56. The molecule has 12 heavy (non-hydrogen) atoms. The normalized spacial score (nSPS) is 58.0. The number of likely N-dealkylation sites (N-methyl/N-ethyl adjacent to an activating group) is 1. The molecule has 0 aromatic rings. The molecule has 68 valence electrons. The number of hydrogen-bond acceptors (Lipinski definition) is 2. The Labute approximate surface area is 74.3 Å². The van der Waals surface area contributed by atoms with E-state index in [2.05, 4.69) is 24.2 Å². The molecule has 0 aromatic carbocycles. The summed E-state index contributed by atoms with van der Waals surface area (Å²) in [5, 5.41) is 3.74. The molecule has 0 radical (unpaired) electrons. The fraction of sp³-hybridized carbons (Fsp3) is 1.00. The van der Waals surface area contributed by atoms with Crippen molar-refractivity contribution < 1.29 is 0 Å². The van der Waals surface area contributed by atoms with Crippen molar-refractivity contribution in [2.75, 3.05) is 26.7 Å². The molecule has 2 heteroatoms. The van der Waals surface area contributed by atoms with Crippen LogP contribution in [0.2, 0.25) is 0 Å². The lowest BCUT2D eigenvalue weighted by Crippen LogP contribution is -2.66. The van der Waals surface area contributed by atoms with Crippen molar-refractivity contribution in [3.63, 3.8) is 0 Å². The summed E-state index contributed by atoms with van der Waals surface area (Å²) in [6, 6.07) is 0. The first-order valence-electron chi connectivity index (χ1n) is 5.08. The van der Waals surface area contributed by atoms with E-state index in [1.54, 1.807) is 0 Å². The molecule has 3 unspecified atom stereocenters. The fourth-order valence-corrected chi connectivity index (χ4v) is 3.64. The minimum absolute atomic E-state index is 0.543. The molecular formula is C10H18N2. The van der Waals surface area contributed by atoms with Crippen LogP contribution < -0.4 is 5.32 Å². The molecule has 3 atom stereocenters. The highest BCUT2D eigenvalue weighted by Gasteiger charge is 2.72. The fourth-order valence-electron chi connectivity index (χ4n) is 3.64. The van der Waals surface area contributed by atoms with Crippen molar-refractivity contribution in [1.29, 1.82) is 0 Å². The van der Waals surface area contributed by atoms with Crippen LogP contribution in [0.1, 0.15) is 19.8 Å². The van der Waals surface area contributed by atoms with Gasteiger partial charge in [0.15, 0.2) is 0 Å². The first-order chi connectivity index (χ1) is 5.65. The van der Waals surface area contributed by atoms with Crippen molar-refractivity contribution in [1.82, 2.24) is 10.2 Å². The van der Waals surface area contributed by atoms with Crippen LogP contribution in [-0.4, -0.2) is 37.1 Å². The highest BCUT2D eigenvalue weighted by molar-refractivity contribution is 5.26. The number of hydrogen-bond donors (Lipinski definition) is 1. The van der Waals surface area contributed by atoms with E-state index in [4.69, 9.17) is 0 Å². The molecule has 3 aliphatic rings. The van der Waals surface area contributed by atoms with Crippen LogP contribution in [0.25, 0.3) is 0 Å². The number of nitrogens with zero attached hydrogens (tertiary/aromatic N) is 1. The first-order valence-corrected chi connectivity index (χ1v) is 5.08. The van der Waals surface area contributed by atoms with E-state index in [9.17, 15) is 0 Å². The highest BCUT2D eigenvalue weighted by Crippen LogP contribution is 2.72. The maximum absolute atomic E-state index is 3.74. The molecule has 3 rings (SSSR count). The summed E-state index contributed by atoms with van der Waals surface area (Å²) in [4.78, 5) is 2.48. The Morgan fingerprint density at radius 2 is 2.33 bits per heavy atom. The van der Waals surface area contributed by atoms with Crippen LogP contribution in [0.3, 0.4) is 0 Å². The lowest BCUT2D eigenvalue weighted by molar-refractivity contribution is 0.0386. The zero-order valence-corrected chi connectivity index (χ0v) is 8.06. The predicted molar refractivity (Wildman–Crippen MR) is 49.1 cm³/mol. The van der Waals surface area contributed by atoms with E-state index in [0.29, 0.717) is 5.54 Å². The summed E-state index contributed by atoms with van der Waals surface area (Å²) in [5.74, 6) is 1.01. The van der Waals surface area contributed by atoms with Gasteiger partial charge in [-0.05, 0) is 31.2 Å². The summed E-state index contributed by atoms with van der Waals surface area (Å²) >= 11 is 0. The third-order valence-electron chi connectivity index (χ3n) is 4.26. The molecule has 0 aromatic heterocycles. The Morgan fingerprint density at radius 3 is 2.83 bits per heavy atom. The third kappa shape index (κ3) is 0.728. The van der Waals surface area contributed by atoms with Gasteiger partial charge in [0, 0.05) is 25.2 Å². The van der Waals surface area contributed by atoms with Gasteiger partial charge < -0.3 is 10.2 Å². The summed E-state index contributed by atoms with van der Waals surface area (Å²) in [6.45, 7) is 6.15. The Balaban J connectivity index is 1.76. The van der Waals surface area contributed by atoms with Crippen molar-refractivity contribution in [2.45, 2.75) is 25.3 Å². The Bertz CT molecular complexity index is 228. The molecule has 2 nitrogen and oxygen atoms in total. The molecule has 2 saturated carbocycles. The summed E-state index contributed by atoms with van der Waals surface area (Å²) in [7, 11) is 2.25. The summed E-state index contributed by atoms with van der Waals surface area (Å²) < 4.78 is 0.